The molecule has 1 aliphatic heterocycles. The third-order valence-corrected chi connectivity index (χ3v) is 6.79. The molecule has 6 nitrogen and oxygen atoms in total. The zero-order valence-corrected chi connectivity index (χ0v) is 18.7. The fourth-order valence-corrected chi connectivity index (χ4v) is 4.59. The Labute approximate surface area is 179 Å². The Hall–Kier alpha value is -2.54. The summed E-state index contributed by atoms with van der Waals surface area (Å²) < 4.78 is 25.5. The van der Waals surface area contributed by atoms with Crippen LogP contribution in [0.3, 0.4) is 0 Å². The first-order valence-electron chi connectivity index (χ1n) is 10.4. The third kappa shape index (κ3) is 5.75. The van der Waals surface area contributed by atoms with Crippen LogP contribution in [0.15, 0.2) is 54.6 Å². The lowest BCUT2D eigenvalue weighted by atomic mass is 9.98. The van der Waals surface area contributed by atoms with Crippen molar-refractivity contribution in [1.82, 2.24) is 5.32 Å². The topological polar surface area (TPSA) is 69.7 Å². The van der Waals surface area contributed by atoms with E-state index in [9.17, 15) is 13.2 Å². The van der Waals surface area contributed by atoms with Crippen LogP contribution in [0.25, 0.3) is 0 Å². The second-order valence-corrected chi connectivity index (χ2v) is 10.1. The molecule has 1 saturated heterocycles. The first-order valence-corrected chi connectivity index (χ1v) is 12.3. The Kier molecular flexibility index (Phi) is 7.02. The van der Waals surface area contributed by atoms with Crippen molar-refractivity contribution in [2.45, 2.75) is 32.7 Å². The monoisotopic (exact) mass is 429 g/mol. The van der Waals surface area contributed by atoms with Crippen molar-refractivity contribution in [3.05, 3.63) is 60.2 Å². The van der Waals surface area contributed by atoms with Crippen molar-refractivity contribution in [2.24, 2.45) is 5.92 Å². The number of amides is 1. The molecule has 0 spiro atoms. The molecular weight excluding hydrogens is 398 g/mol. The van der Waals surface area contributed by atoms with Crippen LogP contribution in [0.2, 0.25) is 0 Å². The number of carbonyl (C=O) groups excluding carboxylic acids is 1. The summed E-state index contributed by atoms with van der Waals surface area (Å²) >= 11 is 0. The number of para-hydroxylation sites is 1. The molecule has 1 N–H and O–H groups in total. The molecule has 1 fully saturated rings. The van der Waals surface area contributed by atoms with Crippen molar-refractivity contribution in [1.29, 1.82) is 0 Å². The van der Waals surface area contributed by atoms with Crippen LogP contribution in [0.5, 0.6) is 0 Å². The Balaban J connectivity index is 1.62. The highest BCUT2D eigenvalue weighted by Crippen LogP contribution is 2.24. The maximum Gasteiger partial charge on any atom is 0.241 e. The van der Waals surface area contributed by atoms with Gasteiger partial charge in [-0.25, -0.2) is 8.42 Å². The molecule has 1 atom stereocenters. The van der Waals surface area contributed by atoms with E-state index in [0.717, 1.165) is 35.1 Å². The lowest BCUT2D eigenvalue weighted by Crippen LogP contribution is -2.41. The first kappa shape index (κ1) is 22.2. The Morgan fingerprint density at radius 2 is 1.70 bits per heavy atom. The van der Waals surface area contributed by atoms with Crippen molar-refractivity contribution >= 4 is 27.3 Å². The predicted molar refractivity (Wildman–Crippen MR) is 122 cm³/mol. The van der Waals surface area contributed by atoms with Crippen LogP contribution in [-0.4, -0.2) is 40.2 Å². The van der Waals surface area contributed by atoms with Gasteiger partial charge in [0.15, 0.2) is 0 Å². The number of piperidine rings is 1. The number of carbonyl (C=O) groups is 1. The summed E-state index contributed by atoms with van der Waals surface area (Å²) in [6.45, 7) is 6.11. The average Bonchev–Trinajstić information content (AvgIpc) is 2.72. The molecule has 0 radical (unpaired) electrons. The maximum absolute atomic E-state index is 12.6. The summed E-state index contributed by atoms with van der Waals surface area (Å²) in [6.07, 6.45) is 3.54. The van der Waals surface area contributed by atoms with Crippen LogP contribution >= 0.6 is 0 Å². The number of rotatable bonds is 7. The molecule has 0 aromatic heterocycles. The van der Waals surface area contributed by atoms with E-state index in [1.807, 2.05) is 19.1 Å². The van der Waals surface area contributed by atoms with Gasteiger partial charge in [0.05, 0.1) is 18.0 Å². The average molecular weight is 430 g/mol. The summed E-state index contributed by atoms with van der Waals surface area (Å²) in [5, 5.41) is 2.91. The zero-order chi connectivity index (χ0) is 21.7. The molecule has 2 aromatic carbocycles. The quantitative estimate of drug-likeness (QED) is 0.731. The molecule has 7 heteroatoms. The number of sulfonamides is 1. The standard InChI is InChI=1S/C23H31N3O3S/c1-18-13-15-25(16-14-18)21-11-9-20(10-12-21)19(2)24-23(27)17-26(30(3,28)29)22-7-5-4-6-8-22/h4-12,18-19H,13-17H2,1-3H3,(H,24,27)/t19-/m0/s1. The van der Waals surface area contributed by atoms with E-state index in [4.69, 9.17) is 0 Å². The highest BCUT2D eigenvalue weighted by Gasteiger charge is 2.22. The lowest BCUT2D eigenvalue weighted by Gasteiger charge is -2.32. The molecule has 1 amide bonds. The molecule has 1 aliphatic rings. The van der Waals surface area contributed by atoms with Gasteiger partial charge in [0.1, 0.15) is 6.54 Å². The van der Waals surface area contributed by atoms with E-state index in [0.29, 0.717) is 5.69 Å². The molecule has 1 heterocycles. The second kappa shape index (κ2) is 9.51. The molecule has 162 valence electrons. The smallest absolute Gasteiger partial charge is 0.241 e. The maximum atomic E-state index is 12.6. The summed E-state index contributed by atoms with van der Waals surface area (Å²) in [7, 11) is -3.57. The molecule has 0 aliphatic carbocycles. The summed E-state index contributed by atoms with van der Waals surface area (Å²) in [5.41, 5.74) is 2.67. The fraction of sp³-hybridized carbons (Fsp3) is 0.435. The molecule has 2 aromatic rings. The lowest BCUT2D eigenvalue weighted by molar-refractivity contribution is -0.120. The Morgan fingerprint density at radius 1 is 1.10 bits per heavy atom. The summed E-state index contributed by atoms with van der Waals surface area (Å²) in [6, 6.07) is 16.7. The van der Waals surface area contributed by atoms with Gasteiger partial charge in [-0.1, -0.05) is 37.3 Å². The van der Waals surface area contributed by atoms with Crippen molar-refractivity contribution in [2.75, 3.05) is 35.1 Å². The van der Waals surface area contributed by atoms with Gasteiger partial charge in [-0.3, -0.25) is 9.10 Å². The third-order valence-electron chi connectivity index (χ3n) is 5.65. The van der Waals surface area contributed by atoms with Gasteiger partial charge in [0, 0.05) is 18.8 Å². The second-order valence-electron chi connectivity index (χ2n) is 8.16. The Morgan fingerprint density at radius 3 is 2.27 bits per heavy atom. The first-order chi connectivity index (χ1) is 14.2. The zero-order valence-electron chi connectivity index (χ0n) is 17.9. The minimum absolute atomic E-state index is 0.217. The van der Waals surface area contributed by atoms with Gasteiger partial charge in [-0.05, 0) is 55.5 Å². The number of hydrogen-bond acceptors (Lipinski definition) is 4. The van der Waals surface area contributed by atoms with Crippen molar-refractivity contribution in [3.63, 3.8) is 0 Å². The fourth-order valence-electron chi connectivity index (χ4n) is 3.74. The molecule has 3 rings (SSSR count). The van der Waals surface area contributed by atoms with Gasteiger partial charge < -0.3 is 10.2 Å². The normalized spacial score (nSPS) is 16.2. The number of anilines is 2. The minimum atomic E-state index is -3.57. The van der Waals surface area contributed by atoms with Crippen molar-refractivity contribution in [3.8, 4) is 0 Å². The largest absolute Gasteiger partial charge is 0.372 e. The van der Waals surface area contributed by atoms with Gasteiger partial charge in [-0.15, -0.1) is 0 Å². The van der Waals surface area contributed by atoms with Crippen molar-refractivity contribution < 1.29 is 13.2 Å². The number of nitrogens with zero attached hydrogens (tertiary/aromatic N) is 2. The van der Waals surface area contributed by atoms with Gasteiger partial charge in [0.2, 0.25) is 15.9 Å². The van der Waals surface area contributed by atoms with E-state index >= 15 is 0 Å². The molecule has 0 saturated carbocycles. The highest BCUT2D eigenvalue weighted by atomic mass is 32.2. The molecule has 0 bridgehead atoms. The SMILES string of the molecule is CC1CCN(c2ccc([C@H](C)NC(=O)CN(c3ccccc3)S(C)(=O)=O)cc2)CC1. The highest BCUT2D eigenvalue weighted by molar-refractivity contribution is 7.92. The number of nitrogens with one attached hydrogen (secondary N) is 1. The van der Waals surface area contributed by atoms with E-state index < -0.39 is 10.0 Å². The number of benzene rings is 2. The van der Waals surface area contributed by atoms with E-state index in [1.165, 1.54) is 18.5 Å². The van der Waals surface area contributed by atoms with Crippen LogP contribution in [0, 0.1) is 5.92 Å². The van der Waals surface area contributed by atoms with E-state index in [1.54, 1.807) is 30.3 Å². The Bertz CT molecular complexity index is 937. The van der Waals surface area contributed by atoms with Gasteiger partial charge >= 0.3 is 0 Å². The van der Waals surface area contributed by atoms with E-state index in [2.05, 4.69) is 29.3 Å². The molecule has 30 heavy (non-hydrogen) atoms. The van der Waals surface area contributed by atoms with Crippen LogP contribution < -0.4 is 14.5 Å². The summed E-state index contributed by atoms with van der Waals surface area (Å²) in [4.78, 5) is 15.0. The summed E-state index contributed by atoms with van der Waals surface area (Å²) in [5.74, 6) is 0.448. The van der Waals surface area contributed by atoms with Crippen LogP contribution in [0.1, 0.15) is 38.3 Å². The minimum Gasteiger partial charge on any atom is -0.372 e. The van der Waals surface area contributed by atoms with Gasteiger partial charge in [-0.2, -0.15) is 0 Å². The van der Waals surface area contributed by atoms with Crippen LogP contribution in [-0.2, 0) is 14.8 Å². The number of hydrogen-bond donors (Lipinski definition) is 1. The predicted octanol–water partition coefficient (Wildman–Crippen LogP) is 3.57. The van der Waals surface area contributed by atoms with E-state index in [-0.39, 0.29) is 18.5 Å². The molecule has 0 unspecified atom stereocenters. The van der Waals surface area contributed by atoms with Crippen LogP contribution in [0.4, 0.5) is 11.4 Å². The molecular formula is C23H31N3O3S. The van der Waals surface area contributed by atoms with Gasteiger partial charge in [0.25, 0.3) is 0 Å².